The second-order valence-electron chi connectivity index (χ2n) is 7.63. The molecule has 2 aliphatic rings. The molecule has 1 aromatic carbocycles. The fourth-order valence-corrected chi connectivity index (χ4v) is 4.62. The van der Waals surface area contributed by atoms with E-state index >= 15 is 0 Å². The lowest BCUT2D eigenvalue weighted by molar-refractivity contribution is 0.00200. The summed E-state index contributed by atoms with van der Waals surface area (Å²) >= 11 is 6.44. The minimum atomic E-state index is -0.239. The summed E-state index contributed by atoms with van der Waals surface area (Å²) in [7, 11) is 0. The van der Waals surface area contributed by atoms with E-state index in [1.54, 1.807) is 0 Å². The van der Waals surface area contributed by atoms with Gasteiger partial charge < -0.3 is 4.74 Å². The van der Waals surface area contributed by atoms with Gasteiger partial charge in [0.15, 0.2) is 0 Å². The zero-order valence-electron chi connectivity index (χ0n) is 15.5. The van der Waals surface area contributed by atoms with E-state index in [4.69, 9.17) is 16.3 Å². The van der Waals surface area contributed by atoms with Gasteiger partial charge in [-0.3, -0.25) is 0 Å². The SMILES string of the molecule is CCCC1CC=C(c2ccc(C3CCC(CC)OC3)c(Cl)c2F)CC1. The van der Waals surface area contributed by atoms with Crippen LogP contribution in [0.25, 0.3) is 5.57 Å². The second-order valence-corrected chi connectivity index (χ2v) is 8.00. The number of allylic oxidation sites excluding steroid dienone is 2. The normalized spacial score (nSPS) is 27.2. The third kappa shape index (κ3) is 4.28. The maximum atomic E-state index is 15.0. The molecule has 138 valence electrons. The standard InChI is InChI=1S/C22H30ClFO/c1-3-5-15-6-8-16(9-7-15)20-13-12-19(21(23)22(20)24)17-10-11-18(4-2)25-14-17/h8,12-13,15,17-18H,3-7,9-11,14H2,1-2H3. The molecule has 0 bridgehead atoms. The third-order valence-corrected chi connectivity index (χ3v) is 6.32. The van der Waals surface area contributed by atoms with E-state index in [0.29, 0.717) is 23.3 Å². The summed E-state index contributed by atoms with van der Waals surface area (Å²) in [6, 6.07) is 3.97. The molecular formula is C22H30ClFO. The highest BCUT2D eigenvalue weighted by Gasteiger charge is 2.26. The van der Waals surface area contributed by atoms with Gasteiger partial charge in [-0.1, -0.05) is 56.5 Å². The number of ether oxygens (including phenoxy) is 1. The Morgan fingerprint density at radius 2 is 2.04 bits per heavy atom. The first kappa shape index (κ1) is 18.9. The van der Waals surface area contributed by atoms with Crippen molar-refractivity contribution < 1.29 is 9.13 Å². The van der Waals surface area contributed by atoms with Gasteiger partial charge in [0.25, 0.3) is 0 Å². The predicted octanol–water partition coefficient (Wildman–Crippen LogP) is 7.14. The molecule has 1 saturated heterocycles. The van der Waals surface area contributed by atoms with Crippen LogP contribution in [0.2, 0.25) is 5.02 Å². The smallest absolute Gasteiger partial charge is 0.149 e. The van der Waals surface area contributed by atoms with Gasteiger partial charge in [0.2, 0.25) is 0 Å². The van der Waals surface area contributed by atoms with Gasteiger partial charge in [-0.05, 0) is 55.6 Å². The molecule has 1 aliphatic heterocycles. The molecule has 3 atom stereocenters. The molecule has 0 N–H and O–H groups in total. The first-order valence-corrected chi connectivity index (χ1v) is 10.3. The van der Waals surface area contributed by atoms with Crippen LogP contribution in [0.1, 0.15) is 82.3 Å². The fraction of sp³-hybridized carbons (Fsp3) is 0.636. The Morgan fingerprint density at radius 1 is 1.20 bits per heavy atom. The van der Waals surface area contributed by atoms with Crippen LogP contribution in [0.15, 0.2) is 18.2 Å². The first-order chi connectivity index (χ1) is 12.1. The lowest BCUT2D eigenvalue weighted by atomic mass is 9.83. The zero-order valence-corrected chi connectivity index (χ0v) is 16.2. The molecule has 1 nitrogen and oxygen atoms in total. The summed E-state index contributed by atoms with van der Waals surface area (Å²) in [6.07, 6.45) is 11.4. The average Bonchev–Trinajstić information content (AvgIpc) is 2.65. The van der Waals surface area contributed by atoms with Crippen molar-refractivity contribution in [3.8, 4) is 0 Å². The number of benzene rings is 1. The van der Waals surface area contributed by atoms with Crippen molar-refractivity contribution in [1.29, 1.82) is 0 Å². The van der Waals surface area contributed by atoms with Crippen molar-refractivity contribution >= 4 is 17.2 Å². The number of halogens is 2. The van der Waals surface area contributed by atoms with Gasteiger partial charge >= 0.3 is 0 Å². The van der Waals surface area contributed by atoms with Crippen LogP contribution in [-0.2, 0) is 4.74 Å². The van der Waals surface area contributed by atoms with E-state index in [0.717, 1.165) is 55.6 Å². The molecule has 0 amide bonds. The molecule has 3 heteroatoms. The van der Waals surface area contributed by atoms with Gasteiger partial charge in [0, 0.05) is 11.5 Å². The number of hydrogen-bond acceptors (Lipinski definition) is 1. The Balaban J connectivity index is 1.75. The van der Waals surface area contributed by atoms with E-state index in [2.05, 4.69) is 19.9 Å². The highest BCUT2D eigenvalue weighted by atomic mass is 35.5. The third-order valence-electron chi connectivity index (χ3n) is 5.94. The molecule has 1 heterocycles. The van der Waals surface area contributed by atoms with Crippen molar-refractivity contribution in [1.82, 2.24) is 0 Å². The van der Waals surface area contributed by atoms with Crippen LogP contribution >= 0.6 is 11.6 Å². The lowest BCUT2D eigenvalue weighted by Gasteiger charge is -2.29. The van der Waals surface area contributed by atoms with Crippen molar-refractivity contribution in [2.45, 2.75) is 77.2 Å². The van der Waals surface area contributed by atoms with Gasteiger partial charge in [-0.15, -0.1) is 0 Å². The minimum Gasteiger partial charge on any atom is -0.378 e. The maximum absolute atomic E-state index is 15.0. The molecule has 1 fully saturated rings. The Bertz CT molecular complexity index is 617. The Hall–Kier alpha value is -0.860. The Kier molecular flexibility index (Phi) is 6.57. The van der Waals surface area contributed by atoms with E-state index in [9.17, 15) is 4.39 Å². The van der Waals surface area contributed by atoms with E-state index in [-0.39, 0.29) is 11.7 Å². The highest BCUT2D eigenvalue weighted by molar-refractivity contribution is 6.31. The Morgan fingerprint density at radius 3 is 2.64 bits per heavy atom. The van der Waals surface area contributed by atoms with Crippen LogP contribution in [0.5, 0.6) is 0 Å². The van der Waals surface area contributed by atoms with Gasteiger partial charge in [0.1, 0.15) is 5.82 Å². The number of rotatable bonds is 5. The fourth-order valence-electron chi connectivity index (χ4n) is 4.30. The van der Waals surface area contributed by atoms with Crippen LogP contribution in [0.4, 0.5) is 4.39 Å². The molecule has 0 aromatic heterocycles. The maximum Gasteiger partial charge on any atom is 0.149 e. The van der Waals surface area contributed by atoms with Crippen LogP contribution in [-0.4, -0.2) is 12.7 Å². The van der Waals surface area contributed by atoms with E-state index in [1.165, 1.54) is 12.8 Å². The summed E-state index contributed by atoms with van der Waals surface area (Å²) in [5, 5.41) is 0.303. The summed E-state index contributed by atoms with van der Waals surface area (Å²) in [6.45, 7) is 5.03. The first-order valence-electron chi connectivity index (χ1n) is 9.92. The summed E-state index contributed by atoms with van der Waals surface area (Å²) < 4.78 is 20.9. The molecule has 0 radical (unpaired) electrons. The summed E-state index contributed by atoms with van der Waals surface area (Å²) in [5.74, 6) is 0.738. The van der Waals surface area contributed by atoms with Crippen molar-refractivity contribution in [3.63, 3.8) is 0 Å². The lowest BCUT2D eigenvalue weighted by Crippen LogP contribution is -2.24. The van der Waals surface area contributed by atoms with E-state index < -0.39 is 0 Å². The minimum absolute atomic E-state index is 0.216. The molecule has 0 spiro atoms. The number of hydrogen-bond donors (Lipinski definition) is 0. The average molecular weight is 365 g/mol. The van der Waals surface area contributed by atoms with Gasteiger partial charge in [0.05, 0.1) is 17.7 Å². The second kappa shape index (κ2) is 8.68. The predicted molar refractivity (Wildman–Crippen MR) is 104 cm³/mol. The molecular weight excluding hydrogens is 335 g/mol. The molecule has 3 unspecified atom stereocenters. The van der Waals surface area contributed by atoms with Crippen molar-refractivity contribution in [2.75, 3.05) is 6.61 Å². The monoisotopic (exact) mass is 364 g/mol. The van der Waals surface area contributed by atoms with Gasteiger partial charge in [-0.25, -0.2) is 4.39 Å². The van der Waals surface area contributed by atoms with E-state index in [1.807, 2.05) is 12.1 Å². The van der Waals surface area contributed by atoms with Crippen molar-refractivity contribution in [2.24, 2.45) is 5.92 Å². The summed E-state index contributed by atoms with van der Waals surface area (Å²) in [4.78, 5) is 0. The molecule has 1 aromatic rings. The van der Waals surface area contributed by atoms with Gasteiger partial charge in [-0.2, -0.15) is 0 Å². The van der Waals surface area contributed by atoms with Crippen LogP contribution < -0.4 is 0 Å². The Labute approximate surface area is 156 Å². The van der Waals surface area contributed by atoms with Crippen LogP contribution in [0.3, 0.4) is 0 Å². The molecule has 3 rings (SSSR count). The van der Waals surface area contributed by atoms with Crippen molar-refractivity contribution in [3.05, 3.63) is 40.2 Å². The molecule has 1 aliphatic carbocycles. The summed E-state index contributed by atoms with van der Waals surface area (Å²) in [5.41, 5.74) is 2.74. The zero-order chi connectivity index (χ0) is 17.8. The van der Waals surface area contributed by atoms with Crippen LogP contribution in [0, 0.1) is 11.7 Å². The topological polar surface area (TPSA) is 9.23 Å². The highest BCUT2D eigenvalue weighted by Crippen LogP contribution is 2.39. The largest absolute Gasteiger partial charge is 0.378 e. The quantitative estimate of drug-likeness (QED) is 0.539. The molecule has 25 heavy (non-hydrogen) atoms. The molecule has 0 saturated carbocycles.